The molecule has 1 aromatic carbocycles. The topological polar surface area (TPSA) is 106 Å². The highest BCUT2D eigenvalue weighted by molar-refractivity contribution is 5.94. The van der Waals surface area contributed by atoms with Crippen LogP contribution in [-0.4, -0.2) is 37.7 Å². The number of aromatic amines is 1. The molecule has 4 aromatic rings. The van der Waals surface area contributed by atoms with E-state index in [9.17, 15) is 22.8 Å². The van der Waals surface area contributed by atoms with Gasteiger partial charge in [0.05, 0.1) is 40.7 Å². The minimum Gasteiger partial charge on any atom is -0.355 e. The molecule has 2 N–H and O–H groups in total. The summed E-state index contributed by atoms with van der Waals surface area (Å²) < 4.78 is 40.8. The van der Waals surface area contributed by atoms with E-state index in [0.29, 0.717) is 11.1 Å². The molecular formula is C21H17F3N6O2. The van der Waals surface area contributed by atoms with Crippen molar-refractivity contribution in [2.24, 2.45) is 0 Å². The molecule has 3 heterocycles. The molecule has 0 bridgehead atoms. The predicted molar refractivity (Wildman–Crippen MR) is 110 cm³/mol. The Bertz CT molecular complexity index is 1380. The number of aromatic nitrogens is 5. The van der Waals surface area contributed by atoms with Gasteiger partial charge >= 0.3 is 6.18 Å². The average molecular weight is 442 g/mol. The summed E-state index contributed by atoms with van der Waals surface area (Å²) in [6.07, 6.45) is -1.07. The number of H-pyrrole nitrogens is 1. The van der Waals surface area contributed by atoms with Gasteiger partial charge in [0.15, 0.2) is 0 Å². The number of carbonyl (C=O) groups is 1. The van der Waals surface area contributed by atoms with Crippen molar-refractivity contribution in [2.45, 2.75) is 19.1 Å². The molecule has 0 aliphatic heterocycles. The largest absolute Gasteiger partial charge is 0.433 e. The summed E-state index contributed by atoms with van der Waals surface area (Å²) in [6.45, 7) is 1.78. The second-order valence-corrected chi connectivity index (χ2v) is 7.08. The van der Waals surface area contributed by atoms with Gasteiger partial charge in [0.25, 0.3) is 11.5 Å². The zero-order valence-electron chi connectivity index (χ0n) is 16.9. The van der Waals surface area contributed by atoms with Crippen LogP contribution in [0.5, 0.6) is 0 Å². The van der Waals surface area contributed by atoms with Crippen LogP contribution in [0.4, 0.5) is 13.2 Å². The summed E-state index contributed by atoms with van der Waals surface area (Å²) in [5.41, 5.74) is -0.300. The molecule has 0 saturated carbocycles. The maximum absolute atomic E-state index is 13.2. The quantitative estimate of drug-likeness (QED) is 0.505. The number of benzene rings is 1. The number of halogens is 3. The molecular weight excluding hydrogens is 425 g/mol. The number of hydrogen-bond acceptors (Lipinski definition) is 5. The molecule has 0 fully saturated rings. The SMILES string of the molecule is CNC(=O)c1cccc(C(C)n2cnc3cc(-c4cn[nH]c4C(F)(F)F)ncc3c2=O)c1. The Balaban J connectivity index is 1.75. The first-order chi connectivity index (χ1) is 15.2. The van der Waals surface area contributed by atoms with E-state index in [4.69, 9.17) is 0 Å². The lowest BCUT2D eigenvalue weighted by atomic mass is 10.0. The molecule has 8 nitrogen and oxygen atoms in total. The van der Waals surface area contributed by atoms with Crippen LogP contribution in [-0.2, 0) is 6.18 Å². The van der Waals surface area contributed by atoms with Crippen LogP contribution in [0, 0.1) is 0 Å². The lowest BCUT2D eigenvalue weighted by Gasteiger charge is -2.16. The number of alkyl halides is 3. The van der Waals surface area contributed by atoms with Gasteiger partial charge in [-0.15, -0.1) is 0 Å². The highest BCUT2D eigenvalue weighted by Gasteiger charge is 2.36. The second kappa shape index (κ2) is 7.91. The summed E-state index contributed by atoms with van der Waals surface area (Å²) >= 11 is 0. The molecule has 0 aliphatic carbocycles. The van der Waals surface area contributed by atoms with E-state index >= 15 is 0 Å². The highest BCUT2D eigenvalue weighted by Crippen LogP contribution is 2.35. The van der Waals surface area contributed by atoms with Crippen molar-refractivity contribution in [1.82, 2.24) is 30.0 Å². The minimum atomic E-state index is -4.63. The Hall–Kier alpha value is -4.02. The molecule has 0 radical (unpaired) electrons. The normalized spacial score (nSPS) is 12.7. The molecule has 1 amide bonds. The second-order valence-electron chi connectivity index (χ2n) is 7.08. The van der Waals surface area contributed by atoms with Gasteiger partial charge in [-0.2, -0.15) is 18.3 Å². The maximum atomic E-state index is 13.2. The molecule has 4 rings (SSSR count). The molecule has 32 heavy (non-hydrogen) atoms. The molecule has 1 unspecified atom stereocenters. The average Bonchev–Trinajstić information content (AvgIpc) is 3.29. The zero-order valence-corrected chi connectivity index (χ0v) is 16.9. The molecule has 11 heteroatoms. The van der Waals surface area contributed by atoms with Gasteiger partial charge in [0.2, 0.25) is 0 Å². The van der Waals surface area contributed by atoms with Gasteiger partial charge in [-0.1, -0.05) is 12.1 Å². The summed E-state index contributed by atoms with van der Waals surface area (Å²) in [4.78, 5) is 33.2. The molecule has 3 aromatic heterocycles. The fourth-order valence-electron chi connectivity index (χ4n) is 3.40. The number of pyridine rings is 1. The van der Waals surface area contributed by atoms with Crippen LogP contribution in [0.2, 0.25) is 0 Å². The Morgan fingerprint density at radius 1 is 1.19 bits per heavy atom. The number of nitrogens with zero attached hydrogens (tertiary/aromatic N) is 4. The van der Waals surface area contributed by atoms with E-state index in [1.54, 1.807) is 31.2 Å². The first-order valence-electron chi connectivity index (χ1n) is 9.50. The first-order valence-corrected chi connectivity index (χ1v) is 9.50. The van der Waals surface area contributed by atoms with Gasteiger partial charge in [-0.3, -0.25) is 24.2 Å². The van der Waals surface area contributed by atoms with Gasteiger partial charge < -0.3 is 5.32 Å². The van der Waals surface area contributed by atoms with Crippen molar-refractivity contribution in [3.05, 3.63) is 76.2 Å². The molecule has 0 spiro atoms. The van der Waals surface area contributed by atoms with Crippen molar-refractivity contribution in [3.8, 4) is 11.3 Å². The van der Waals surface area contributed by atoms with Gasteiger partial charge in [-0.05, 0) is 30.7 Å². The van der Waals surface area contributed by atoms with Crippen molar-refractivity contribution in [3.63, 3.8) is 0 Å². The Labute approximate surface area is 179 Å². The smallest absolute Gasteiger partial charge is 0.355 e. The third kappa shape index (κ3) is 3.72. The van der Waals surface area contributed by atoms with E-state index < -0.39 is 23.5 Å². The van der Waals surface area contributed by atoms with Crippen LogP contribution in [0.25, 0.3) is 22.2 Å². The standard InChI is InChI=1S/C21H17F3N6O2/c1-11(12-4-3-5-13(6-12)19(31)25-2)30-10-27-17-7-16(26-8-15(17)20(30)32)14-9-28-29-18(14)21(22,23)24/h3-11H,1-2H3,(H,25,31)(H,28,29). The van der Waals surface area contributed by atoms with Crippen molar-refractivity contribution >= 4 is 16.8 Å². The summed E-state index contributed by atoms with van der Waals surface area (Å²) in [5, 5.41) is 8.09. The van der Waals surface area contributed by atoms with Crippen LogP contribution in [0.3, 0.4) is 0 Å². The highest BCUT2D eigenvalue weighted by atomic mass is 19.4. The Kier molecular flexibility index (Phi) is 5.25. The van der Waals surface area contributed by atoms with Gasteiger partial charge in [-0.25, -0.2) is 4.98 Å². The number of amides is 1. The fourth-order valence-corrected chi connectivity index (χ4v) is 3.40. The van der Waals surface area contributed by atoms with E-state index in [-0.39, 0.29) is 28.1 Å². The number of hydrogen-bond donors (Lipinski definition) is 2. The predicted octanol–water partition coefficient (Wildman–Crippen LogP) is 3.17. The molecule has 164 valence electrons. The van der Waals surface area contributed by atoms with E-state index in [0.717, 1.165) is 6.20 Å². The maximum Gasteiger partial charge on any atom is 0.433 e. The summed E-state index contributed by atoms with van der Waals surface area (Å²) in [7, 11) is 1.53. The molecule has 0 aliphatic rings. The zero-order chi connectivity index (χ0) is 23.0. The Morgan fingerprint density at radius 3 is 2.69 bits per heavy atom. The van der Waals surface area contributed by atoms with Crippen molar-refractivity contribution in [1.29, 1.82) is 0 Å². The number of nitrogens with one attached hydrogen (secondary N) is 2. The minimum absolute atomic E-state index is 0.00504. The molecule has 0 saturated heterocycles. The van der Waals surface area contributed by atoms with E-state index in [2.05, 4.69) is 20.4 Å². The third-order valence-corrected chi connectivity index (χ3v) is 5.14. The fraction of sp³-hybridized carbons (Fsp3) is 0.190. The Morgan fingerprint density at radius 2 is 1.97 bits per heavy atom. The van der Waals surface area contributed by atoms with E-state index in [1.165, 1.54) is 30.2 Å². The monoisotopic (exact) mass is 442 g/mol. The lowest BCUT2D eigenvalue weighted by Crippen LogP contribution is -2.25. The van der Waals surface area contributed by atoms with Gasteiger partial charge in [0, 0.05) is 18.8 Å². The van der Waals surface area contributed by atoms with Crippen molar-refractivity contribution in [2.75, 3.05) is 7.05 Å². The summed E-state index contributed by atoms with van der Waals surface area (Å²) in [6, 6.07) is 7.71. The van der Waals surface area contributed by atoms with Crippen molar-refractivity contribution < 1.29 is 18.0 Å². The number of fused-ring (bicyclic) bond motifs is 1. The van der Waals surface area contributed by atoms with Crippen LogP contribution >= 0.6 is 0 Å². The van der Waals surface area contributed by atoms with Crippen LogP contribution in [0.15, 0.2) is 53.8 Å². The van der Waals surface area contributed by atoms with Gasteiger partial charge in [0.1, 0.15) is 5.69 Å². The third-order valence-electron chi connectivity index (χ3n) is 5.14. The number of rotatable bonds is 4. The first kappa shape index (κ1) is 21.2. The number of carbonyl (C=O) groups excluding carboxylic acids is 1. The summed E-state index contributed by atoms with van der Waals surface area (Å²) in [5.74, 6) is -0.253. The molecule has 1 atom stereocenters. The lowest BCUT2D eigenvalue weighted by molar-refractivity contribution is -0.140. The van der Waals surface area contributed by atoms with Crippen LogP contribution in [0.1, 0.15) is 34.6 Å². The van der Waals surface area contributed by atoms with E-state index in [1.807, 2.05) is 5.10 Å². The van der Waals surface area contributed by atoms with Crippen LogP contribution < -0.4 is 10.9 Å².